The number of hydrogen-bond acceptors (Lipinski definition) is 7. The van der Waals surface area contributed by atoms with E-state index in [-0.39, 0.29) is 11.9 Å². The summed E-state index contributed by atoms with van der Waals surface area (Å²) in [6.45, 7) is 7.26. The molecule has 0 radical (unpaired) electrons. The number of ether oxygens (including phenoxy) is 2. The van der Waals surface area contributed by atoms with E-state index in [9.17, 15) is 4.79 Å². The number of fused-ring (bicyclic) bond motifs is 1. The molecule has 36 heavy (non-hydrogen) atoms. The Hall–Kier alpha value is -4.09. The van der Waals surface area contributed by atoms with Crippen LogP contribution in [0.15, 0.2) is 66.9 Å². The lowest BCUT2D eigenvalue weighted by Crippen LogP contribution is -2.53. The number of hydrogen-bond donors (Lipinski definition) is 0. The SMILES string of the molecule is C[C@@H](CN(C(=O)c1ccc(C#N)cc1)c1ccccn1)N1CCN(c2cccc3c2OCCO3)CC1. The lowest BCUT2D eigenvalue weighted by molar-refractivity contribution is 0.0973. The van der Waals surface area contributed by atoms with Crippen molar-refractivity contribution in [2.45, 2.75) is 13.0 Å². The highest BCUT2D eigenvalue weighted by Crippen LogP contribution is 2.39. The summed E-state index contributed by atoms with van der Waals surface area (Å²) in [7, 11) is 0. The van der Waals surface area contributed by atoms with E-state index in [4.69, 9.17) is 14.7 Å². The van der Waals surface area contributed by atoms with Crippen LogP contribution in [0.5, 0.6) is 11.5 Å². The topological polar surface area (TPSA) is 81.9 Å². The monoisotopic (exact) mass is 483 g/mol. The number of rotatable bonds is 6. The maximum Gasteiger partial charge on any atom is 0.259 e. The Balaban J connectivity index is 1.28. The van der Waals surface area contributed by atoms with Crippen molar-refractivity contribution in [3.63, 3.8) is 0 Å². The summed E-state index contributed by atoms with van der Waals surface area (Å²) in [5.74, 6) is 2.13. The van der Waals surface area contributed by atoms with Crippen molar-refractivity contribution in [1.29, 1.82) is 5.26 Å². The number of anilines is 2. The first-order valence-electron chi connectivity index (χ1n) is 12.2. The molecular formula is C28H29N5O3. The van der Waals surface area contributed by atoms with Crippen molar-refractivity contribution < 1.29 is 14.3 Å². The zero-order valence-corrected chi connectivity index (χ0v) is 20.3. The predicted molar refractivity (Wildman–Crippen MR) is 138 cm³/mol. The molecule has 2 aromatic carbocycles. The highest BCUT2D eigenvalue weighted by molar-refractivity contribution is 6.05. The van der Waals surface area contributed by atoms with Gasteiger partial charge in [-0.1, -0.05) is 12.1 Å². The minimum Gasteiger partial charge on any atom is -0.486 e. The van der Waals surface area contributed by atoms with Crippen LogP contribution in [0.3, 0.4) is 0 Å². The molecule has 2 aliphatic heterocycles. The zero-order valence-electron chi connectivity index (χ0n) is 20.3. The fraction of sp³-hybridized carbons (Fsp3) is 0.321. The van der Waals surface area contributed by atoms with Crippen molar-refractivity contribution in [3.05, 3.63) is 78.0 Å². The normalized spacial score (nSPS) is 16.2. The van der Waals surface area contributed by atoms with Gasteiger partial charge >= 0.3 is 0 Å². The number of amides is 1. The van der Waals surface area contributed by atoms with E-state index < -0.39 is 0 Å². The van der Waals surface area contributed by atoms with E-state index in [1.165, 1.54) is 0 Å². The van der Waals surface area contributed by atoms with Crippen molar-refractivity contribution >= 4 is 17.4 Å². The van der Waals surface area contributed by atoms with Gasteiger partial charge in [0.1, 0.15) is 19.0 Å². The zero-order chi connectivity index (χ0) is 24.9. The average molecular weight is 484 g/mol. The number of nitriles is 1. The number of aromatic nitrogens is 1. The average Bonchev–Trinajstić information content (AvgIpc) is 2.95. The number of carbonyl (C=O) groups is 1. The van der Waals surface area contributed by atoms with Crippen molar-refractivity contribution in [3.8, 4) is 17.6 Å². The molecule has 0 aliphatic carbocycles. The molecule has 8 nitrogen and oxygen atoms in total. The molecule has 1 aromatic heterocycles. The molecule has 0 bridgehead atoms. The molecule has 5 rings (SSSR count). The Kier molecular flexibility index (Phi) is 7.01. The van der Waals surface area contributed by atoms with Gasteiger partial charge in [-0.05, 0) is 55.5 Å². The van der Waals surface area contributed by atoms with Crippen molar-refractivity contribution in [1.82, 2.24) is 9.88 Å². The molecule has 1 fully saturated rings. The summed E-state index contributed by atoms with van der Waals surface area (Å²) in [6.07, 6.45) is 1.70. The summed E-state index contributed by atoms with van der Waals surface area (Å²) in [5.41, 5.74) is 2.14. The van der Waals surface area contributed by atoms with Gasteiger partial charge in [0.2, 0.25) is 0 Å². The number of benzene rings is 2. The van der Waals surface area contributed by atoms with Crippen LogP contribution in [0.25, 0.3) is 0 Å². The highest BCUT2D eigenvalue weighted by atomic mass is 16.6. The highest BCUT2D eigenvalue weighted by Gasteiger charge is 2.28. The number of para-hydroxylation sites is 1. The standard InChI is InChI=1S/C28H29N5O3/c1-21(31-13-15-32(16-14-31)24-5-4-6-25-27(24)36-18-17-35-25)20-33(26-7-2-3-12-30-26)28(34)23-10-8-22(19-29)9-11-23/h2-12,21H,13-18,20H2,1H3/t21-/m0/s1. The van der Waals surface area contributed by atoms with Crippen LogP contribution in [0, 0.1) is 11.3 Å². The third-order valence-electron chi connectivity index (χ3n) is 6.70. The van der Waals surface area contributed by atoms with Gasteiger partial charge in [0.15, 0.2) is 11.5 Å². The second kappa shape index (κ2) is 10.7. The van der Waals surface area contributed by atoms with Crippen molar-refractivity contribution in [2.75, 3.05) is 55.7 Å². The Morgan fingerprint density at radius 3 is 2.53 bits per heavy atom. The van der Waals surface area contributed by atoms with Crippen LogP contribution in [0.1, 0.15) is 22.8 Å². The van der Waals surface area contributed by atoms with Gasteiger partial charge in [-0.25, -0.2) is 4.98 Å². The van der Waals surface area contributed by atoms with E-state index in [2.05, 4.69) is 33.8 Å². The molecule has 3 heterocycles. The number of pyridine rings is 1. The molecule has 1 saturated heterocycles. The van der Waals surface area contributed by atoms with Crippen LogP contribution in [-0.4, -0.2) is 67.8 Å². The summed E-state index contributed by atoms with van der Waals surface area (Å²) in [6, 6.07) is 20.6. The van der Waals surface area contributed by atoms with E-state index in [0.717, 1.165) is 43.4 Å². The van der Waals surface area contributed by atoms with Gasteiger partial charge in [0, 0.05) is 50.5 Å². The van der Waals surface area contributed by atoms with E-state index in [1.807, 2.05) is 30.3 Å². The van der Waals surface area contributed by atoms with Gasteiger partial charge in [-0.15, -0.1) is 0 Å². The second-order valence-electron chi connectivity index (χ2n) is 8.97. The molecule has 3 aromatic rings. The molecule has 0 spiro atoms. The lowest BCUT2D eigenvalue weighted by atomic mass is 10.1. The molecular weight excluding hydrogens is 454 g/mol. The third-order valence-corrected chi connectivity index (χ3v) is 6.70. The quantitative estimate of drug-likeness (QED) is 0.530. The third kappa shape index (κ3) is 4.97. The predicted octanol–water partition coefficient (Wildman–Crippen LogP) is 3.58. The number of carbonyl (C=O) groups excluding carboxylic acids is 1. The Labute approximate surface area is 211 Å². The molecule has 1 atom stereocenters. The minimum atomic E-state index is -0.128. The van der Waals surface area contributed by atoms with Crippen LogP contribution in [0.4, 0.5) is 11.5 Å². The van der Waals surface area contributed by atoms with Crippen LogP contribution in [0.2, 0.25) is 0 Å². The first kappa shape index (κ1) is 23.6. The van der Waals surface area contributed by atoms with Crippen LogP contribution in [-0.2, 0) is 0 Å². The number of nitrogens with zero attached hydrogens (tertiary/aromatic N) is 5. The molecule has 1 amide bonds. The van der Waals surface area contributed by atoms with E-state index in [1.54, 1.807) is 35.4 Å². The van der Waals surface area contributed by atoms with E-state index in [0.29, 0.717) is 36.7 Å². The summed E-state index contributed by atoms with van der Waals surface area (Å²) in [5, 5.41) is 9.09. The molecule has 0 saturated carbocycles. The maximum atomic E-state index is 13.5. The largest absolute Gasteiger partial charge is 0.486 e. The summed E-state index contributed by atoms with van der Waals surface area (Å²) < 4.78 is 11.7. The Bertz CT molecular complexity index is 1230. The molecule has 0 unspecified atom stereocenters. The fourth-order valence-corrected chi connectivity index (χ4v) is 4.73. The lowest BCUT2D eigenvalue weighted by Gasteiger charge is -2.41. The summed E-state index contributed by atoms with van der Waals surface area (Å²) in [4.78, 5) is 24.4. The van der Waals surface area contributed by atoms with Gasteiger partial charge < -0.3 is 14.4 Å². The molecule has 184 valence electrons. The maximum absolute atomic E-state index is 13.5. The second-order valence-corrected chi connectivity index (χ2v) is 8.97. The van der Waals surface area contributed by atoms with Crippen LogP contribution < -0.4 is 19.3 Å². The molecule has 8 heteroatoms. The first-order valence-corrected chi connectivity index (χ1v) is 12.2. The first-order chi connectivity index (χ1) is 17.6. The van der Waals surface area contributed by atoms with Gasteiger partial charge in [-0.3, -0.25) is 14.6 Å². The Morgan fingerprint density at radius 2 is 1.81 bits per heavy atom. The van der Waals surface area contributed by atoms with Gasteiger partial charge in [0.25, 0.3) is 5.91 Å². The van der Waals surface area contributed by atoms with Crippen LogP contribution >= 0.6 is 0 Å². The molecule has 2 aliphatic rings. The fourth-order valence-electron chi connectivity index (χ4n) is 4.73. The minimum absolute atomic E-state index is 0.126. The van der Waals surface area contributed by atoms with Crippen molar-refractivity contribution in [2.24, 2.45) is 0 Å². The smallest absolute Gasteiger partial charge is 0.259 e. The number of piperazine rings is 1. The summed E-state index contributed by atoms with van der Waals surface area (Å²) >= 11 is 0. The molecule has 0 N–H and O–H groups in total. The van der Waals surface area contributed by atoms with Gasteiger partial charge in [0.05, 0.1) is 17.3 Å². The van der Waals surface area contributed by atoms with Gasteiger partial charge in [-0.2, -0.15) is 5.26 Å². The Morgan fingerprint density at radius 1 is 1.03 bits per heavy atom. The van der Waals surface area contributed by atoms with E-state index >= 15 is 0 Å².